The summed E-state index contributed by atoms with van der Waals surface area (Å²) in [5, 5.41) is 0. The SMILES string of the molecule is C=C(C)C[C@H](N)c1cccc(Br)c1F.Cl. The first-order valence-corrected chi connectivity index (χ1v) is 5.15. The van der Waals surface area contributed by atoms with Crippen LogP contribution in [0.1, 0.15) is 24.9 Å². The molecular formula is C11H14BrClFN. The summed E-state index contributed by atoms with van der Waals surface area (Å²) in [6.07, 6.45) is 0.605. The number of nitrogens with two attached hydrogens (primary N) is 1. The zero-order valence-electron chi connectivity index (χ0n) is 8.47. The van der Waals surface area contributed by atoms with Crippen molar-refractivity contribution in [3.63, 3.8) is 0 Å². The van der Waals surface area contributed by atoms with E-state index in [-0.39, 0.29) is 24.3 Å². The van der Waals surface area contributed by atoms with Crippen molar-refractivity contribution in [2.24, 2.45) is 5.73 Å². The van der Waals surface area contributed by atoms with Gasteiger partial charge in [-0.05, 0) is 35.3 Å². The first kappa shape index (κ1) is 14.6. The molecule has 1 aromatic carbocycles. The molecule has 0 radical (unpaired) electrons. The number of halogens is 3. The van der Waals surface area contributed by atoms with Gasteiger partial charge in [0, 0.05) is 11.6 Å². The highest BCUT2D eigenvalue weighted by molar-refractivity contribution is 9.10. The minimum absolute atomic E-state index is 0. The van der Waals surface area contributed by atoms with Crippen LogP contribution in [0.5, 0.6) is 0 Å². The second kappa shape index (κ2) is 6.26. The Morgan fingerprint density at radius 1 is 1.60 bits per heavy atom. The molecule has 1 rings (SSSR count). The van der Waals surface area contributed by atoms with Gasteiger partial charge in [-0.2, -0.15) is 0 Å². The van der Waals surface area contributed by atoms with E-state index in [1.54, 1.807) is 18.2 Å². The summed E-state index contributed by atoms with van der Waals surface area (Å²) in [7, 11) is 0. The Bertz CT molecular complexity index is 354. The monoisotopic (exact) mass is 293 g/mol. The molecule has 0 aliphatic heterocycles. The van der Waals surface area contributed by atoms with Gasteiger partial charge in [0.05, 0.1) is 4.47 Å². The van der Waals surface area contributed by atoms with Crippen molar-refractivity contribution in [3.05, 3.63) is 46.2 Å². The van der Waals surface area contributed by atoms with Crippen LogP contribution in [0.25, 0.3) is 0 Å². The molecule has 1 aromatic rings. The van der Waals surface area contributed by atoms with Crippen LogP contribution in [0.4, 0.5) is 4.39 Å². The average molecular weight is 295 g/mol. The van der Waals surface area contributed by atoms with Gasteiger partial charge < -0.3 is 5.73 Å². The van der Waals surface area contributed by atoms with E-state index in [0.717, 1.165) is 5.57 Å². The third-order valence-corrected chi connectivity index (χ3v) is 2.56. The zero-order valence-corrected chi connectivity index (χ0v) is 10.9. The van der Waals surface area contributed by atoms with Crippen LogP contribution >= 0.6 is 28.3 Å². The van der Waals surface area contributed by atoms with Crippen molar-refractivity contribution in [1.82, 2.24) is 0 Å². The molecule has 0 aromatic heterocycles. The lowest BCUT2D eigenvalue weighted by Gasteiger charge is -2.13. The van der Waals surface area contributed by atoms with Crippen molar-refractivity contribution in [2.45, 2.75) is 19.4 Å². The van der Waals surface area contributed by atoms with Gasteiger partial charge in [0.25, 0.3) is 0 Å². The summed E-state index contributed by atoms with van der Waals surface area (Å²) in [5.74, 6) is -0.277. The molecule has 0 unspecified atom stereocenters. The Labute approximate surface area is 104 Å². The lowest BCUT2D eigenvalue weighted by Crippen LogP contribution is -2.12. The first-order chi connectivity index (χ1) is 6.52. The predicted molar refractivity (Wildman–Crippen MR) is 67.7 cm³/mol. The van der Waals surface area contributed by atoms with Gasteiger partial charge >= 0.3 is 0 Å². The summed E-state index contributed by atoms with van der Waals surface area (Å²) in [4.78, 5) is 0. The van der Waals surface area contributed by atoms with E-state index in [0.29, 0.717) is 16.5 Å². The average Bonchev–Trinajstić information content (AvgIpc) is 2.08. The molecule has 0 fully saturated rings. The van der Waals surface area contributed by atoms with Crippen LogP contribution in [0.15, 0.2) is 34.8 Å². The molecular weight excluding hydrogens is 280 g/mol. The molecule has 15 heavy (non-hydrogen) atoms. The minimum Gasteiger partial charge on any atom is -0.324 e. The lowest BCUT2D eigenvalue weighted by atomic mass is 10.0. The van der Waals surface area contributed by atoms with E-state index in [2.05, 4.69) is 22.5 Å². The van der Waals surface area contributed by atoms with Crippen molar-refractivity contribution < 1.29 is 4.39 Å². The van der Waals surface area contributed by atoms with Crippen molar-refractivity contribution in [1.29, 1.82) is 0 Å². The third kappa shape index (κ3) is 3.93. The van der Waals surface area contributed by atoms with Gasteiger partial charge in [-0.3, -0.25) is 0 Å². The van der Waals surface area contributed by atoms with Crippen molar-refractivity contribution >= 4 is 28.3 Å². The Morgan fingerprint density at radius 2 is 2.20 bits per heavy atom. The van der Waals surface area contributed by atoms with Crippen LogP contribution in [0.2, 0.25) is 0 Å². The first-order valence-electron chi connectivity index (χ1n) is 4.36. The molecule has 1 atom stereocenters. The Balaban J connectivity index is 0.00000196. The topological polar surface area (TPSA) is 26.0 Å². The highest BCUT2D eigenvalue weighted by atomic mass is 79.9. The van der Waals surface area contributed by atoms with Gasteiger partial charge in [-0.15, -0.1) is 19.0 Å². The second-order valence-corrected chi connectivity index (χ2v) is 4.27. The number of hydrogen-bond donors (Lipinski definition) is 1. The van der Waals surface area contributed by atoms with Crippen molar-refractivity contribution in [3.8, 4) is 0 Å². The largest absolute Gasteiger partial charge is 0.324 e. The summed E-state index contributed by atoms with van der Waals surface area (Å²) in [6.45, 7) is 5.64. The number of rotatable bonds is 3. The number of benzene rings is 1. The molecule has 4 heteroatoms. The normalized spacial score (nSPS) is 11.7. The van der Waals surface area contributed by atoms with Gasteiger partial charge in [0.2, 0.25) is 0 Å². The van der Waals surface area contributed by atoms with Gasteiger partial charge in [0.1, 0.15) is 5.82 Å². The standard InChI is InChI=1S/C11H13BrFN.ClH/c1-7(2)6-10(14)8-4-3-5-9(12)11(8)13;/h3-5,10H,1,6,14H2,2H3;1H/t10-;/m0./s1. The molecule has 0 saturated heterocycles. The fourth-order valence-electron chi connectivity index (χ4n) is 1.29. The zero-order chi connectivity index (χ0) is 10.7. The molecule has 84 valence electrons. The highest BCUT2D eigenvalue weighted by Gasteiger charge is 2.12. The van der Waals surface area contributed by atoms with Crippen LogP contribution in [-0.4, -0.2) is 0 Å². The van der Waals surface area contributed by atoms with E-state index >= 15 is 0 Å². The van der Waals surface area contributed by atoms with E-state index in [4.69, 9.17) is 5.73 Å². The fraction of sp³-hybridized carbons (Fsp3) is 0.273. The maximum absolute atomic E-state index is 13.5. The molecule has 1 nitrogen and oxygen atoms in total. The smallest absolute Gasteiger partial charge is 0.142 e. The molecule has 0 heterocycles. The minimum atomic E-state index is -0.315. The van der Waals surface area contributed by atoms with Crippen LogP contribution in [-0.2, 0) is 0 Å². The van der Waals surface area contributed by atoms with E-state index < -0.39 is 0 Å². The predicted octanol–water partition coefficient (Wildman–Crippen LogP) is 3.98. The van der Waals surface area contributed by atoms with Gasteiger partial charge in [-0.25, -0.2) is 4.39 Å². The fourth-order valence-corrected chi connectivity index (χ4v) is 1.67. The molecule has 0 aliphatic rings. The van der Waals surface area contributed by atoms with Crippen LogP contribution < -0.4 is 5.73 Å². The van der Waals surface area contributed by atoms with Gasteiger partial charge in [-0.1, -0.05) is 17.7 Å². The second-order valence-electron chi connectivity index (χ2n) is 3.41. The molecule has 2 N–H and O–H groups in total. The van der Waals surface area contributed by atoms with Crippen molar-refractivity contribution in [2.75, 3.05) is 0 Å². The lowest BCUT2D eigenvalue weighted by molar-refractivity contribution is 0.574. The van der Waals surface area contributed by atoms with Crippen LogP contribution in [0, 0.1) is 5.82 Å². The molecule has 0 spiro atoms. The molecule has 0 bridgehead atoms. The maximum Gasteiger partial charge on any atom is 0.142 e. The Kier molecular flexibility index (Phi) is 6.10. The third-order valence-electron chi connectivity index (χ3n) is 1.95. The Morgan fingerprint density at radius 3 is 2.73 bits per heavy atom. The quantitative estimate of drug-likeness (QED) is 0.839. The maximum atomic E-state index is 13.5. The highest BCUT2D eigenvalue weighted by Crippen LogP contribution is 2.25. The summed E-state index contributed by atoms with van der Waals surface area (Å²) in [5.41, 5.74) is 7.33. The summed E-state index contributed by atoms with van der Waals surface area (Å²) in [6, 6.07) is 4.82. The van der Waals surface area contributed by atoms with E-state index in [9.17, 15) is 4.39 Å². The summed E-state index contributed by atoms with van der Waals surface area (Å²) >= 11 is 3.13. The van der Waals surface area contributed by atoms with E-state index in [1.165, 1.54) is 0 Å². The molecule has 0 aliphatic carbocycles. The molecule has 0 amide bonds. The summed E-state index contributed by atoms with van der Waals surface area (Å²) < 4.78 is 14.0. The molecule has 0 saturated carbocycles. The Hall–Kier alpha value is -0.380. The number of hydrogen-bond acceptors (Lipinski definition) is 1. The van der Waals surface area contributed by atoms with Gasteiger partial charge in [0.15, 0.2) is 0 Å². The van der Waals surface area contributed by atoms with Crippen LogP contribution in [0.3, 0.4) is 0 Å². The van der Waals surface area contributed by atoms with E-state index in [1.807, 2.05) is 6.92 Å².